The van der Waals surface area contributed by atoms with E-state index in [0.717, 1.165) is 18.6 Å². The zero-order valence-corrected chi connectivity index (χ0v) is 12.2. The molecule has 4 heteroatoms. The van der Waals surface area contributed by atoms with Crippen LogP contribution in [0.25, 0.3) is 0 Å². The molecule has 0 spiro atoms. The maximum atomic E-state index is 13.4. The molecule has 0 bridgehead atoms. The number of halogens is 1. The van der Waals surface area contributed by atoms with Crippen LogP contribution in [0.4, 0.5) is 4.39 Å². The molecule has 1 atom stereocenters. The molecule has 0 saturated heterocycles. The number of rotatable bonds is 6. The van der Waals surface area contributed by atoms with Crippen LogP contribution in [0.3, 0.4) is 0 Å². The highest BCUT2D eigenvalue weighted by Crippen LogP contribution is 2.25. The van der Waals surface area contributed by atoms with E-state index >= 15 is 0 Å². The Kier molecular flexibility index (Phi) is 6.12. The quantitative estimate of drug-likeness (QED) is 0.471. The summed E-state index contributed by atoms with van der Waals surface area (Å²) >= 11 is 1.51. The molecule has 1 aromatic carbocycles. The van der Waals surface area contributed by atoms with Gasteiger partial charge in [0.15, 0.2) is 0 Å². The lowest BCUT2D eigenvalue weighted by Gasteiger charge is -2.22. The highest BCUT2D eigenvalue weighted by Gasteiger charge is 2.15. The van der Waals surface area contributed by atoms with Gasteiger partial charge < -0.3 is 0 Å². The van der Waals surface area contributed by atoms with Crippen molar-refractivity contribution in [2.45, 2.75) is 44.6 Å². The number of nitrogens with two attached hydrogens (primary N) is 1. The third-order valence-corrected chi connectivity index (χ3v) is 3.97. The van der Waals surface area contributed by atoms with Gasteiger partial charge >= 0.3 is 0 Å². The highest BCUT2D eigenvalue weighted by molar-refractivity contribution is 7.99. The Morgan fingerprint density at radius 2 is 2.00 bits per heavy atom. The fourth-order valence-electron chi connectivity index (χ4n) is 1.57. The molecule has 0 aliphatic carbocycles. The Bertz CT molecular complexity index is 363. The van der Waals surface area contributed by atoms with E-state index < -0.39 is 0 Å². The van der Waals surface area contributed by atoms with Crippen molar-refractivity contribution < 1.29 is 4.39 Å². The molecular formula is C14H23FN2S. The maximum Gasteiger partial charge on any atom is 0.136 e. The monoisotopic (exact) mass is 270 g/mol. The molecule has 2 nitrogen and oxygen atoms in total. The van der Waals surface area contributed by atoms with Crippen molar-refractivity contribution in [1.29, 1.82) is 0 Å². The fourth-order valence-corrected chi connectivity index (χ4v) is 2.60. The van der Waals surface area contributed by atoms with Gasteiger partial charge in [0.25, 0.3) is 0 Å². The molecule has 0 radical (unpaired) electrons. The first-order chi connectivity index (χ1) is 8.42. The van der Waals surface area contributed by atoms with E-state index in [1.165, 1.54) is 17.8 Å². The van der Waals surface area contributed by atoms with Crippen LogP contribution in [-0.4, -0.2) is 11.8 Å². The van der Waals surface area contributed by atoms with Gasteiger partial charge in [-0.25, -0.2) is 4.39 Å². The van der Waals surface area contributed by atoms with E-state index in [4.69, 9.17) is 5.84 Å². The zero-order valence-electron chi connectivity index (χ0n) is 11.4. The molecule has 102 valence electrons. The van der Waals surface area contributed by atoms with Crippen LogP contribution in [0.2, 0.25) is 0 Å². The van der Waals surface area contributed by atoms with Crippen LogP contribution in [-0.2, 0) is 0 Å². The molecule has 0 heterocycles. The third kappa shape index (κ3) is 5.85. The SMILES string of the molecule is CC(C)(C)CCC(CSc1ccccc1F)NN. The van der Waals surface area contributed by atoms with E-state index in [1.54, 1.807) is 12.1 Å². The molecule has 1 aromatic rings. The molecule has 0 saturated carbocycles. The van der Waals surface area contributed by atoms with Crippen molar-refractivity contribution >= 4 is 11.8 Å². The Morgan fingerprint density at radius 1 is 1.33 bits per heavy atom. The number of hydrazine groups is 1. The minimum Gasteiger partial charge on any atom is -0.271 e. The minimum atomic E-state index is -0.158. The lowest BCUT2D eigenvalue weighted by molar-refractivity contribution is 0.339. The van der Waals surface area contributed by atoms with E-state index in [1.807, 2.05) is 6.07 Å². The minimum absolute atomic E-state index is 0.158. The van der Waals surface area contributed by atoms with E-state index in [9.17, 15) is 4.39 Å². The van der Waals surface area contributed by atoms with Gasteiger partial charge in [0.1, 0.15) is 5.82 Å². The van der Waals surface area contributed by atoms with Crippen LogP contribution >= 0.6 is 11.8 Å². The summed E-state index contributed by atoms with van der Waals surface area (Å²) in [7, 11) is 0. The topological polar surface area (TPSA) is 38.0 Å². The van der Waals surface area contributed by atoms with E-state index in [-0.39, 0.29) is 11.9 Å². The Balaban J connectivity index is 2.43. The standard InChI is InChI=1S/C14H23FN2S/c1-14(2,3)9-8-11(17-16)10-18-13-7-5-4-6-12(13)15/h4-7,11,17H,8-10,16H2,1-3H3. The summed E-state index contributed by atoms with van der Waals surface area (Å²) in [5.41, 5.74) is 3.12. The second-order valence-electron chi connectivity index (χ2n) is 5.70. The zero-order chi connectivity index (χ0) is 13.6. The van der Waals surface area contributed by atoms with Gasteiger partial charge in [0, 0.05) is 16.7 Å². The summed E-state index contributed by atoms with van der Waals surface area (Å²) in [6.07, 6.45) is 2.10. The molecule has 0 aliphatic heterocycles. The van der Waals surface area contributed by atoms with Gasteiger partial charge in [-0.05, 0) is 30.4 Å². The largest absolute Gasteiger partial charge is 0.271 e. The van der Waals surface area contributed by atoms with Crippen molar-refractivity contribution in [3.63, 3.8) is 0 Å². The third-order valence-electron chi connectivity index (χ3n) is 2.76. The van der Waals surface area contributed by atoms with Gasteiger partial charge in [0.2, 0.25) is 0 Å². The lowest BCUT2D eigenvalue weighted by atomic mass is 9.89. The average Bonchev–Trinajstić information content (AvgIpc) is 2.30. The van der Waals surface area contributed by atoms with Crippen LogP contribution < -0.4 is 11.3 Å². The molecule has 3 N–H and O–H groups in total. The first-order valence-corrected chi connectivity index (χ1v) is 7.24. The number of nitrogens with one attached hydrogen (secondary N) is 1. The number of benzene rings is 1. The van der Waals surface area contributed by atoms with Gasteiger partial charge in [-0.3, -0.25) is 11.3 Å². The summed E-state index contributed by atoms with van der Waals surface area (Å²) in [6.45, 7) is 6.64. The maximum absolute atomic E-state index is 13.4. The van der Waals surface area contributed by atoms with E-state index in [0.29, 0.717) is 10.3 Å². The van der Waals surface area contributed by atoms with E-state index in [2.05, 4.69) is 26.2 Å². The normalized spacial score (nSPS) is 13.6. The predicted octanol–water partition coefficient (Wildman–Crippen LogP) is 3.58. The highest BCUT2D eigenvalue weighted by atomic mass is 32.2. The molecule has 1 unspecified atom stereocenters. The second-order valence-corrected chi connectivity index (χ2v) is 6.77. The second kappa shape index (κ2) is 7.12. The Morgan fingerprint density at radius 3 is 2.56 bits per heavy atom. The van der Waals surface area contributed by atoms with Crippen LogP contribution in [0.5, 0.6) is 0 Å². The average molecular weight is 270 g/mol. The first kappa shape index (κ1) is 15.5. The first-order valence-electron chi connectivity index (χ1n) is 6.26. The van der Waals surface area contributed by atoms with Crippen molar-refractivity contribution in [1.82, 2.24) is 5.43 Å². The van der Waals surface area contributed by atoms with Crippen LogP contribution in [0.1, 0.15) is 33.6 Å². The van der Waals surface area contributed by atoms with Gasteiger partial charge in [-0.2, -0.15) is 0 Å². The molecular weight excluding hydrogens is 247 g/mol. The van der Waals surface area contributed by atoms with Gasteiger partial charge in [0.05, 0.1) is 0 Å². The Labute approximate surface area is 113 Å². The van der Waals surface area contributed by atoms with Crippen molar-refractivity contribution in [2.24, 2.45) is 11.3 Å². The number of thioether (sulfide) groups is 1. The smallest absolute Gasteiger partial charge is 0.136 e. The summed E-state index contributed by atoms with van der Waals surface area (Å²) in [4.78, 5) is 0.688. The molecule has 0 aliphatic rings. The van der Waals surface area contributed by atoms with Gasteiger partial charge in [-0.1, -0.05) is 32.9 Å². The van der Waals surface area contributed by atoms with Crippen LogP contribution in [0, 0.1) is 11.2 Å². The predicted molar refractivity (Wildman–Crippen MR) is 76.9 cm³/mol. The summed E-state index contributed by atoms with van der Waals surface area (Å²) in [6, 6.07) is 7.07. The number of hydrogen-bond acceptors (Lipinski definition) is 3. The van der Waals surface area contributed by atoms with Crippen molar-refractivity contribution in [2.75, 3.05) is 5.75 Å². The number of hydrogen-bond donors (Lipinski definition) is 2. The lowest BCUT2D eigenvalue weighted by Crippen LogP contribution is -2.37. The molecule has 0 amide bonds. The molecule has 1 rings (SSSR count). The van der Waals surface area contributed by atoms with Crippen LogP contribution in [0.15, 0.2) is 29.2 Å². The van der Waals surface area contributed by atoms with Crippen molar-refractivity contribution in [3.05, 3.63) is 30.1 Å². The Hall–Kier alpha value is -0.580. The molecule has 0 aromatic heterocycles. The fraction of sp³-hybridized carbons (Fsp3) is 0.571. The summed E-state index contributed by atoms with van der Waals surface area (Å²) in [5.74, 6) is 6.17. The van der Waals surface area contributed by atoms with Gasteiger partial charge in [-0.15, -0.1) is 11.8 Å². The summed E-state index contributed by atoms with van der Waals surface area (Å²) in [5, 5.41) is 0. The molecule has 0 fully saturated rings. The molecule has 18 heavy (non-hydrogen) atoms. The van der Waals surface area contributed by atoms with Crippen molar-refractivity contribution in [3.8, 4) is 0 Å². The summed E-state index contributed by atoms with van der Waals surface area (Å²) < 4.78 is 13.4.